The zero-order valence-electron chi connectivity index (χ0n) is 14.7. The number of hydrogen-bond donors (Lipinski definition) is 1. The predicted molar refractivity (Wildman–Crippen MR) is 103 cm³/mol. The summed E-state index contributed by atoms with van der Waals surface area (Å²) in [4.78, 5) is 18.9. The van der Waals surface area contributed by atoms with E-state index < -0.39 is 15.6 Å². The van der Waals surface area contributed by atoms with Gasteiger partial charge in [-0.1, -0.05) is 0 Å². The third kappa shape index (κ3) is 3.54. The van der Waals surface area contributed by atoms with Crippen LogP contribution in [0.3, 0.4) is 0 Å². The second-order valence-corrected chi connectivity index (χ2v) is 9.27. The van der Waals surface area contributed by atoms with Crippen LogP contribution in [0.4, 0.5) is 17.2 Å². The van der Waals surface area contributed by atoms with Gasteiger partial charge in [0, 0.05) is 16.7 Å². The molecule has 26 heavy (non-hydrogen) atoms. The maximum absolute atomic E-state index is 13.0. The van der Waals surface area contributed by atoms with Crippen molar-refractivity contribution < 1.29 is 17.9 Å². The Morgan fingerprint density at radius 1 is 1.27 bits per heavy atom. The molecule has 0 bridgehead atoms. The monoisotopic (exact) mass is 439 g/mol. The Balaban J connectivity index is 2.16. The summed E-state index contributed by atoms with van der Waals surface area (Å²) in [6.07, 6.45) is 2.69. The van der Waals surface area contributed by atoms with Gasteiger partial charge in [-0.3, -0.25) is 14.4 Å². The molecule has 1 aromatic heterocycles. The highest BCUT2D eigenvalue weighted by Crippen LogP contribution is 2.43. The van der Waals surface area contributed by atoms with Gasteiger partial charge in [0.05, 0.1) is 17.6 Å². The molecule has 0 radical (unpaired) electrons. The number of hydrogen-bond acceptors (Lipinski definition) is 5. The van der Waals surface area contributed by atoms with E-state index in [0.29, 0.717) is 22.9 Å². The molecule has 0 unspecified atom stereocenters. The van der Waals surface area contributed by atoms with Crippen molar-refractivity contribution in [2.45, 2.75) is 26.4 Å². The third-order valence-corrected chi connectivity index (χ3v) is 4.86. The van der Waals surface area contributed by atoms with Gasteiger partial charge in [-0.25, -0.2) is 13.4 Å². The Bertz CT molecular complexity index is 1010. The first kappa shape index (κ1) is 18.7. The molecule has 0 fully saturated rings. The van der Waals surface area contributed by atoms with Gasteiger partial charge in [0.15, 0.2) is 5.60 Å². The van der Waals surface area contributed by atoms with E-state index in [1.54, 1.807) is 38.2 Å². The number of carbonyl (C=O) groups excluding carboxylic acids is 1. The molecule has 1 N–H and O–H groups in total. The van der Waals surface area contributed by atoms with Crippen LogP contribution in [0.1, 0.15) is 19.4 Å². The van der Waals surface area contributed by atoms with Crippen LogP contribution in [0.2, 0.25) is 0 Å². The van der Waals surface area contributed by atoms with Gasteiger partial charge in [-0.2, -0.15) is 0 Å². The van der Waals surface area contributed by atoms with E-state index in [0.717, 1.165) is 16.3 Å². The molecule has 138 valence electrons. The number of rotatable bonds is 3. The number of fused-ring (bicyclic) bond motifs is 1. The van der Waals surface area contributed by atoms with Crippen LogP contribution in [0.5, 0.6) is 5.75 Å². The summed E-state index contributed by atoms with van der Waals surface area (Å²) in [5.74, 6) is 0.638. The molecular weight excluding hydrogens is 422 g/mol. The first-order chi connectivity index (χ1) is 12.0. The molecule has 1 aliphatic heterocycles. The van der Waals surface area contributed by atoms with Crippen molar-refractivity contribution in [2.24, 2.45) is 0 Å². The molecule has 7 nitrogen and oxygen atoms in total. The molecule has 1 aliphatic rings. The van der Waals surface area contributed by atoms with E-state index in [-0.39, 0.29) is 5.91 Å². The van der Waals surface area contributed by atoms with E-state index in [9.17, 15) is 13.2 Å². The number of aromatic nitrogens is 1. The van der Waals surface area contributed by atoms with Crippen molar-refractivity contribution in [1.29, 1.82) is 0 Å². The molecular formula is C17H18BrN3O4S. The molecule has 3 rings (SSSR count). The molecule has 0 saturated heterocycles. The van der Waals surface area contributed by atoms with Gasteiger partial charge in [-0.15, -0.1) is 0 Å². The maximum atomic E-state index is 13.0. The minimum atomic E-state index is -3.42. The van der Waals surface area contributed by atoms with Crippen LogP contribution in [0.25, 0.3) is 0 Å². The summed E-state index contributed by atoms with van der Waals surface area (Å²) < 4.78 is 32.0. The lowest BCUT2D eigenvalue weighted by molar-refractivity contribution is -0.131. The van der Waals surface area contributed by atoms with Gasteiger partial charge in [0.2, 0.25) is 10.0 Å². The summed E-state index contributed by atoms with van der Waals surface area (Å²) in [6.45, 7) is 5.19. The fourth-order valence-electron chi connectivity index (χ4n) is 2.73. The topological polar surface area (TPSA) is 88.6 Å². The van der Waals surface area contributed by atoms with Crippen LogP contribution in [-0.2, 0) is 14.8 Å². The summed E-state index contributed by atoms with van der Waals surface area (Å²) in [5, 5.41) is 0. The van der Waals surface area contributed by atoms with Crippen molar-refractivity contribution in [3.05, 3.63) is 40.5 Å². The van der Waals surface area contributed by atoms with E-state index in [1.807, 2.05) is 13.0 Å². The second-order valence-electron chi connectivity index (χ2n) is 6.60. The summed E-state index contributed by atoms with van der Waals surface area (Å²) in [6, 6.07) is 6.65. The average Bonchev–Trinajstić information content (AvgIpc) is 2.48. The standard InChI is InChI=1S/C17H18BrN3O4S/c1-10-7-11(18)9-19-15(10)21-13-6-5-12(20-26(4,23)24)8-14(13)25-17(2,3)16(21)22/h5-9,20H,1-4H3. The van der Waals surface area contributed by atoms with Gasteiger partial charge < -0.3 is 4.74 Å². The number of sulfonamides is 1. The first-order valence-electron chi connectivity index (χ1n) is 7.75. The minimum Gasteiger partial charge on any atom is -0.476 e. The molecule has 0 aliphatic carbocycles. The lowest BCUT2D eigenvalue weighted by Gasteiger charge is -2.38. The van der Waals surface area contributed by atoms with E-state index >= 15 is 0 Å². The largest absolute Gasteiger partial charge is 0.476 e. The Morgan fingerprint density at radius 2 is 1.96 bits per heavy atom. The molecule has 2 heterocycles. The van der Waals surface area contributed by atoms with Crippen molar-refractivity contribution in [1.82, 2.24) is 4.98 Å². The van der Waals surface area contributed by atoms with Gasteiger partial charge in [0.25, 0.3) is 5.91 Å². The SMILES string of the molecule is Cc1cc(Br)cnc1N1C(=O)C(C)(C)Oc2cc(NS(C)(=O)=O)ccc21. The van der Waals surface area contributed by atoms with Crippen LogP contribution in [0.15, 0.2) is 34.9 Å². The fourth-order valence-corrected chi connectivity index (χ4v) is 3.73. The van der Waals surface area contributed by atoms with Gasteiger partial charge >= 0.3 is 0 Å². The number of aryl methyl sites for hydroxylation is 1. The van der Waals surface area contributed by atoms with Crippen LogP contribution in [-0.4, -0.2) is 31.2 Å². The number of amides is 1. The summed E-state index contributed by atoms with van der Waals surface area (Å²) in [5.41, 5.74) is 0.551. The molecule has 0 atom stereocenters. The Labute approximate surface area is 160 Å². The number of nitrogens with zero attached hydrogens (tertiary/aromatic N) is 2. The van der Waals surface area contributed by atoms with Crippen LogP contribution < -0.4 is 14.4 Å². The molecule has 0 saturated carbocycles. The number of halogens is 1. The number of pyridine rings is 1. The zero-order valence-corrected chi connectivity index (χ0v) is 17.1. The zero-order chi connectivity index (χ0) is 19.3. The number of benzene rings is 1. The maximum Gasteiger partial charge on any atom is 0.276 e. The van der Waals surface area contributed by atoms with Crippen molar-refractivity contribution in [2.75, 3.05) is 15.9 Å². The molecule has 1 aromatic carbocycles. The average molecular weight is 440 g/mol. The van der Waals surface area contributed by atoms with Crippen molar-refractivity contribution in [3.8, 4) is 5.75 Å². The van der Waals surface area contributed by atoms with Crippen molar-refractivity contribution in [3.63, 3.8) is 0 Å². The van der Waals surface area contributed by atoms with Crippen molar-refractivity contribution >= 4 is 49.1 Å². The van der Waals surface area contributed by atoms with E-state index in [4.69, 9.17) is 4.74 Å². The lowest BCUT2D eigenvalue weighted by atomic mass is 10.0. The minimum absolute atomic E-state index is 0.258. The smallest absolute Gasteiger partial charge is 0.276 e. The highest BCUT2D eigenvalue weighted by atomic mass is 79.9. The quantitative estimate of drug-likeness (QED) is 0.791. The number of ether oxygens (including phenoxy) is 1. The lowest BCUT2D eigenvalue weighted by Crippen LogP contribution is -2.51. The Morgan fingerprint density at radius 3 is 2.58 bits per heavy atom. The Kier molecular flexibility index (Phi) is 4.48. The number of nitrogens with one attached hydrogen (secondary N) is 1. The molecule has 0 spiro atoms. The predicted octanol–water partition coefficient (Wildman–Crippen LogP) is 3.36. The number of carbonyl (C=O) groups is 1. The van der Waals surface area contributed by atoms with Crippen LogP contribution in [0, 0.1) is 6.92 Å². The van der Waals surface area contributed by atoms with Gasteiger partial charge in [-0.05, 0) is 60.5 Å². The summed E-state index contributed by atoms with van der Waals surface area (Å²) in [7, 11) is -3.42. The normalized spacial score (nSPS) is 16.0. The summed E-state index contributed by atoms with van der Waals surface area (Å²) >= 11 is 3.37. The van der Waals surface area contributed by atoms with E-state index in [2.05, 4.69) is 25.6 Å². The number of anilines is 3. The highest BCUT2D eigenvalue weighted by molar-refractivity contribution is 9.10. The highest BCUT2D eigenvalue weighted by Gasteiger charge is 2.42. The first-order valence-corrected chi connectivity index (χ1v) is 10.4. The van der Waals surface area contributed by atoms with Gasteiger partial charge in [0.1, 0.15) is 11.6 Å². The second kappa shape index (κ2) is 6.24. The van der Waals surface area contributed by atoms with Crippen LogP contribution >= 0.6 is 15.9 Å². The fraction of sp³-hybridized carbons (Fsp3) is 0.294. The molecule has 2 aromatic rings. The third-order valence-electron chi connectivity index (χ3n) is 3.82. The Hall–Kier alpha value is -2.13. The van der Waals surface area contributed by atoms with E-state index in [1.165, 1.54) is 4.90 Å². The molecule has 9 heteroatoms. The molecule has 1 amide bonds.